The Hall–Kier alpha value is -1.59. The van der Waals surface area contributed by atoms with Crippen molar-refractivity contribution in [2.75, 3.05) is 6.54 Å². The Kier molecular flexibility index (Phi) is 4.62. The standard InChI is InChI=1S/C14H26N6/c1-14(2,3)17-13(15)16-9-8-12-19-18-11-7-5-4-6-10-20(11)12/h4-10H2,1-3H3,(H3,15,16,17). The molecule has 0 saturated heterocycles. The molecule has 1 aromatic heterocycles. The van der Waals surface area contributed by atoms with E-state index in [9.17, 15) is 0 Å². The van der Waals surface area contributed by atoms with Gasteiger partial charge in [0.15, 0.2) is 5.96 Å². The highest BCUT2D eigenvalue weighted by Gasteiger charge is 2.14. The van der Waals surface area contributed by atoms with E-state index in [0.29, 0.717) is 12.5 Å². The number of nitrogens with two attached hydrogens (primary N) is 1. The number of nitrogens with zero attached hydrogens (tertiary/aromatic N) is 4. The Morgan fingerprint density at radius 3 is 2.85 bits per heavy atom. The summed E-state index contributed by atoms with van der Waals surface area (Å²) >= 11 is 0. The Morgan fingerprint density at radius 1 is 1.30 bits per heavy atom. The van der Waals surface area contributed by atoms with Crippen LogP contribution in [0, 0.1) is 0 Å². The average molecular weight is 278 g/mol. The summed E-state index contributed by atoms with van der Waals surface area (Å²) < 4.78 is 2.26. The largest absolute Gasteiger partial charge is 0.370 e. The summed E-state index contributed by atoms with van der Waals surface area (Å²) in [7, 11) is 0. The van der Waals surface area contributed by atoms with Crippen LogP contribution >= 0.6 is 0 Å². The quantitative estimate of drug-likeness (QED) is 0.644. The summed E-state index contributed by atoms with van der Waals surface area (Å²) in [5, 5.41) is 11.7. The highest BCUT2D eigenvalue weighted by atomic mass is 15.3. The van der Waals surface area contributed by atoms with Crippen LogP contribution in [0.4, 0.5) is 0 Å². The lowest BCUT2D eigenvalue weighted by molar-refractivity contribution is 0.508. The first-order chi connectivity index (χ1) is 9.46. The van der Waals surface area contributed by atoms with E-state index in [4.69, 9.17) is 5.73 Å². The van der Waals surface area contributed by atoms with E-state index in [2.05, 4.69) is 45.8 Å². The SMILES string of the molecule is CC(C)(C)NC(N)=NCCc1nnc2n1CCCCC2. The molecule has 1 aliphatic heterocycles. The third-order valence-corrected chi connectivity index (χ3v) is 3.31. The van der Waals surface area contributed by atoms with Gasteiger partial charge in [0, 0.05) is 31.5 Å². The lowest BCUT2D eigenvalue weighted by atomic mass is 10.1. The molecule has 0 fully saturated rings. The Balaban J connectivity index is 1.91. The van der Waals surface area contributed by atoms with Crippen LogP contribution in [0.25, 0.3) is 0 Å². The number of fused-ring (bicyclic) bond motifs is 1. The second-order valence-electron chi connectivity index (χ2n) is 6.39. The van der Waals surface area contributed by atoms with E-state index < -0.39 is 0 Å². The fourth-order valence-electron chi connectivity index (χ4n) is 2.43. The first-order valence-corrected chi connectivity index (χ1v) is 7.45. The van der Waals surface area contributed by atoms with Crippen LogP contribution in [0.3, 0.4) is 0 Å². The summed E-state index contributed by atoms with van der Waals surface area (Å²) in [5.74, 6) is 2.66. The van der Waals surface area contributed by atoms with Crippen molar-refractivity contribution >= 4 is 5.96 Å². The number of aromatic nitrogens is 3. The molecule has 0 spiro atoms. The van der Waals surface area contributed by atoms with E-state index in [0.717, 1.165) is 31.0 Å². The molecule has 6 nitrogen and oxygen atoms in total. The molecule has 0 bridgehead atoms. The van der Waals surface area contributed by atoms with Crippen LogP contribution in [-0.2, 0) is 19.4 Å². The van der Waals surface area contributed by atoms with Crippen molar-refractivity contribution in [1.82, 2.24) is 20.1 Å². The van der Waals surface area contributed by atoms with E-state index in [1.807, 2.05) is 0 Å². The number of hydrogen-bond donors (Lipinski definition) is 2. The average Bonchev–Trinajstić information content (AvgIpc) is 2.57. The minimum Gasteiger partial charge on any atom is -0.370 e. The molecule has 20 heavy (non-hydrogen) atoms. The van der Waals surface area contributed by atoms with Crippen LogP contribution in [0.15, 0.2) is 4.99 Å². The summed E-state index contributed by atoms with van der Waals surface area (Å²) in [4.78, 5) is 4.36. The van der Waals surface area contributed by atoms with Crippen molar-refractivity contribution in [2.45, 2.75) is 65.0 Å². The number of rotatable bonds is 3. The third-order valence-electron chi connectivity index (χ3n) is 3.31. The van der Waals surface area contributed by atoms with Crippen molar-refractivity contribution < 1.29 is 0 Å². The second kappa shape index (κ2) is 6.24. The van der Waals surface area contributed by atoms with E-state index in [1.54, 1.807) is 0 Å². The van der Waals surface area contributed by atoms with E-state index >= 15 is 0 Å². The maximum atomic E-state index is 5.86. The molecule has 0 atom stereocenters. The van der Waals surface area contributed by atoms with Gasteiger partial charge in [0.2, 0.25) is 0 Å². The molecule has 0 saturated carbocycles. The third kappa shape index (κ3) is 4.21. The van der Waals surface area contributed by atoms with Gasteiger partial charge in [-0.05, 0) is 33.6 Å². The monoisotopic (exact) mass is 278 g/mol. The van der Waals surface area contributed by atoms with Gasteiger partial charge in [-0.1, -0.05) is 6.42 Å². The van der Waals surface area contributed by atoms with Gasteiger partial charge in [-0.3, -0.25) is 4.99 Å². The molecular weight excluding hydrogens is 252 g/mol. The minimum absolute atomic E-state index is 0.0560. The molecular formula is C14H26N6. The van der Waals surface area contributed by atoms with Crippen molar-refractivity contribution in [3.63, 3.8) is 0 Å². The zero-order valence-electron chi connectivity index (χ0n) is 12.8. The van der Waals surface area contributed by atoms with Gasteiger partial charge in [0.25, 0.3) is 0 Å². The number of guanidine groups is 1. The van der Waals surface area contributed by atoms with Crippen molar-refractivity contribution in [1.29, 1.82) is 0 Å². The van der Waals surface area contributed by atoms with Crippen LogP contribution in [-0.4, -0.2) is 32.8 Å². The van der Waals surface area contributed by atoms with E-state index in [-0.39, 0.29) is 5.54 Å². The van der Waals surface area contributed by atoms with Crippen LogP contribution in [0.2, 0.25) is 0 Å². The lowest BCUT2D eigenvalue weighted by Gasteiger charge is -2.20. The molecule has 112 valence electrons. The molecule has 0 radical (unpaired) electrons. The maximum Gasteiger partial charge on any atom is 0.188 e. The summed E-state index contributed by atoms with van der Waals surface area (Å²) in [6.45, 7) is 7.87. The topological polar surface area (TPSA) is 81.1 Å². The first-order valence-electron chi connectivity index (χ1n) is 7.45. The van der Waals surface area contributed by atoms with Crippen molar-refractivity contribution in [2.24, 2.45) is 10.7 Å². The molecule has 0 unspecified atom stereocenters. The van der Waals surface area contributed by atoms with Gasteiger partial charge in [0.1, 0.15) is 11.6 Å². The van der Waals surface area contributed by atoms with Gasteiger partial charge >= 0.3 is 0 Å². The van der Waals surface area contributed by atoms with Crippen molar-refractivity contribution in [3.05, 3.63) is 11.6 Å². The molecule has 3 N–H and O–H groups in total. The second-order valence-corrected chi connectivity index (χ2v) is 6.39. The Labute approximate surface area is 120 Å². The highest BCUT2D eigenvalue weighted by Crippen LogP contribution is 2.14. The van der Waals surface area contributed by atoms with Crippen molar-refractivity contribution in [3.8, 4) is 0 Å². The Bertz CT molecular complexity index is 468. The number of aliphatic imine (C=N–C) groups is 1. The van der Waals surface area contributed by atoms with Crippen LogP contribution < -0.4 is 11.1 Å². The number of aryl methyl sites for hydroxylation is 1. The smallest absolute Gasteiger partial charge is 0.188 e. The summed E-state index contributed by atoms with van der Waals surface area (Å²) in [5.41, 5.74) is 5.80. The van der Waals surface area contributed by atoms with Gasteiger partial charge in [0.05, 0.1) is 0 Å². The Morgan fingerprint density at radius 2 is 2.10 bits per heavy atom. The zero-order valence-corrected chi connectivity index (χ0v) is 12.8. The predicted octanol–water partition coefficient (Wildman–Crippen LogP) is 1.25. The first kappa shape index (κ1) is 14.8. The van der Waals surface area contributed by atoms with Crippen LogP contribution in [0.5, 0.6) is 0 Å². The molecule has 1 aromatic rings. The molecule has 0 aromatic carbocycles. The zero-order chi connectivity index (χ0) is 14.6. The molecule has 6 heteroatoms. The van der Waals surface area contributed by atoms with Crippen LogP contribution in [0.1, 0.15) is 51.7 Å². The molecule has 1 aliphatic rings. The number of nitrogens with one attached hydrogen (secondary N) is 1. The fourth-order valence-corrected chi connectivity index (χ4v) is 2.43. The molecule has 0 aliphatic carbocycles. The van der Waals surface area contributed by atoms with Gasteiger partial charge in [-0.15, -0.1) is 10.2 Å². The summed E-state index contributed by atoms with van der Waals surface area (Å²) in [6.07, 6.45) is 5.56. The molecule has 0 amide bonds. The summed E-state index contributed by atoms with van der Waals surface area (Å²) in [6, 6.07) is 0. The van der Waals surface area contributed by atoms with Gasteiger partial charge < -0.3 is 15.6 Å². The predicted molar refractivity (Wildman–Crippen MR) is 80.7 cm³/mol. The minimum atomic E-state index is -0.0560. The fraction of sp³-hybridized carbons (Fsp3) is 0.786. The molecule has 2 rings (SSSR count). The van der Waals surface area contributed by atoms with E-state index in [1.165, 1.54) is 19.3 Å². The highest BCUT2D eigenvalue weighted by molar-refractivity contribution is 5.78. The lowest BCUT2D eigenvalue weighted by Crippen LogP contribution is -2.45. The number of hydrogen-bond acceptors (Lipinski definition) is 3. The van der Waals surface area contributed by atoms with Gasteiger partial charge in [-0.2, -0.15) is 0 Å². The van der Waals surface area contributed by atoms with Gasteiger partial charge in [-0.25, -0.2) is 0 Å². The normalized spacial score (nSPS) is 16.6. The molecule has 2 heterocycles. The maximum absolute atomic E-state index is 5.86.